The van der Waals surface area contributed by atoms with Crippen molar-refractivity contribution >= 4 is 23.2 Å². The van der Waals surface area contributed by atoms with Crippen LogP contribution < -0.4 is 0 Å². The first-order valence-electron chi connectivity index (χ1n) is 6.62. The first-order chi connectivity index (χ1) is 10.0. The minimum Gasteiger partial charge on any atom is -0.463 e. The van der Waals surface area contributed by atoms with Gasteiger partial charge in [-0.25, -0.2) is 9.59 Å². The van der Waals surface area contributed by atoms with Crippen molar-refractivity contribution in [3.05, 3.63) is 24.1 Å². The summed E-state index contributed by atoms with van der Waals surface area (Å²) in [5, 5.41) is 0. The van der Waals surface area contributed by atoms with Crippen LogP contribution in [0, 0.1) is 5.92 Å². The van der Waals surface area contributed by atoms with Gasteiger partial charge in [0.25, 0.3) is 6.29 Å². The van der Waals surface area contributed by atoms with E-state index >= 15 is 0 Å². The zero-order chi connectivity index (χ0) is 15.4. The molecule has 0 aromatic carbocycles. The van der Waals surface area contributed by atoms with Crippen LogP contribution in [0.3, 0.4) is 0 Å². The van der Waals surface area contributed by atoms with Gasteiger partial charge in [-0.3, -0.25) is 0 Å². The lowest BCUT2D eigenvalue weighted by Crippen LogP contribution is -2.29. The van der Waals surface area contributed by atoms with Crippen LogP contribution in [0.25, 0.3) is 11.1 Å². The summed E-state index contributed by atoms with van der Waals surface area (Å²) in [4.78, 5) is 26.2. The van der Waals surface area contributed by atoms with Gasteiger partial charge < -0.3 is 23.6 Å². The van der Waals surface area contributed by atoms with Crippen LogP contribution in [-0.2, 0) is 14.2 Å². The lowest BCUT2D eigenvalue weighted by molar-refractivity contribution is -0.113. The average molecular weight is 297 g/mol. The largest absolute Gasteiger partial charge is 0.511 e. The Labute approximate surface area is 122 Å². The summed E-state index contributed by atoms with van der Waals surface area (Å²) in [6.45, 7) is 5.37. The SMILES string of the molecule is CCOC(=O)OC(OC(=O)c1cc2occc2[nH]1)C(C)C.[HH]. The topological polar surface area (TPSA) is 90.8 Å². The van der Waals surface area contributed by atoms with Gasteiger partial charge in [-0.2, -0.15) is 0 Å². The molecule has 0 spiro atoms. The Morgan fingerprint density at radius 2 is 2.14 bits per heavy atom. The number of esters is 1. The standard InChI is InChI=1S/C14H17NO6.H2/c1-4-18-14(17)21-13(8(2)3)20-12(16)10-7-11-9(15-10)5-6-19-11;/h5-8,13,15H,4H2,1-3H3;1H. The van der Waals surface area contributed by atoms with Gasteiger partial charge in [-0.15, -0.1) is 0 Å². The summed E-state index contributed by atoms with van der Waals surface area (Å²) in [5.41, 5.74) is 1.46. The van der Waals surface area contributed by atoms with E-state index in [9.17, 15) is 9.59 Å². The van der Waals surface area contributed by atoms with E-state index in [1.165, 1.54) is 12.3 Å². The molecule has 0 saturated heterocycles. The number of H-pyrrole nitrogens is 1. The maximum atomic E-state index is 12.0. The van der Waals surface area contributed by atoms with Gasteiger partial charge in [0.05, 0.1) is 18.4 Å². The molecule has 0 radical (unpaired) electrons. The average Bonchev–Trinajstić information content (AvgIpc) is 2.98. The molecule has 0 amide bonds. The molecule has 0 aliphatic rings. The highest BCUT2D eigenvalue weighted by atomic mass is 16.8. The minimum absolute atomic E-state index is 0. The Bertz CT molecular complexity index is 604. The number of furan rings is 1. The first kappa shape index (κ1) is 15.0. The van der Waals surface area contributed by atoms with E-state index in [4.69, 9.17) is 13.9 Å². The van der Waals surface area contributed by atoms with Crippen molar-refractivity contribution < 1.29 is 29.6 Å². The summed E-state index contributed by atoms with van der Waals surface area (Å²) >= 11 is 0. The second kappa shape index (κ2) is 6.34. The van der Waals surface area contributed by atoms with Gasteiger partial charge in [0.2, 0.25) is 0 Å². The van der Waals surface area contributed by atoms with E-state index in [0.29, 0.717) is 11.1 Å². The van der Waals surface area contributed by atoms with Crippen LogP contribution in [-0.4, -0.2) is 30.0 Å². The molecule has 2 aromatic heterocycles. The molecule has 7 nitrogen and oxygen atoms in total. The quantitative estimate of drug-likeness (QED) is 0.672. The van der Waals surface area contributed by atoms with Crippen LogP contribution in [0.5, 0.6) is 0 Å². The molecule has 1 atom stereocenters. The van der Waals surface area contributed by atoms with E-state index in [-0.39, 0.29) is 19.6 Å². The maximum absolute atomic E-state index is 12.0. The molecular weight excluding hydrogens is 278 g/mol. The second-order valence-corrected chi connectivity index (χ2v) is 4.70. The minimum atomic E-state index is -1.02. The number of hydrogen-bond donors (Lipinski definition) is 1. The molecule has 2 heterocycles. The molecule has 2 rings (SSSR count). The fourth-order valence-electron chi connectivity index (χ4n) is 1.67. The third-order valence-corrected chi connectivity index (χ3v) is 2.70. The molecular formula is C14H19NO6. The smallest absolute Gasteiger partial charge is 0.463 e. The third-order valence-electron chi connectivity index (χ3n) is 2.70. The molecule has 0 aliphatic carbocycles. The van der Waals surface area contributed by atoms with Crippen molar-refractivity contribution in [3.8, 4) is 0 Å². The zero-order valence-electron chi connectivity index (χ0n) is 12.0. The van der Waals surface area contributed by atoms with Crippen LogP contribution in [0.4, 0.5) is 4.79 Å². The number of carbonyl (C=O) groups is 2. The molecule has 0 fully saturated rings. The highest BCUT2D eigenvalue weighted by molar-refractivity contribution is 5.93. The lowest BCUT2D eigenvalue weighted by Gasteiger charge is -2.20. The van der Waals surface area contributed by atoms with Gasteiger partial charge in [0.15, 0.2) is 5.58 Å². The van der Waals surface area contributed by atoms with E-state index in [2.05, 4.69) is 9.72 Å². The fourth-order valence-corrected chi connectivity index (χ4v) is 1.67. The number of aromatic nitrogens is 1. The summed E-state index contributed by atoms with van der Waals surface area (Å²) < 4.78 is 20.0. The van der Waals surface area contributed by atoms with Gasteiger partial charge in [-0.05, 0) is 6.92 Å². The van der Waals surface area contributed by atoms with Gasteiger partial charge in [0, 0.05) is 19.5 Å². The highest BCUT2D eigenvalue weighted by Crippen LogP contribution is 2.18. The van der Waals surface area contributed by atoms with Crippen LogP contribution in [0.15, 0.2) is 22.8 Å². The molecule has 1 unspecified atom stereocenters. The Kier molecular flexibility index (Phi) is 4.52. The number of nitrogens with one attached hydrogen (secondary N) is 1. The predicted molar refractivity (Wildman–Crippen MR) is 74.8 cm³/mol. The van der Waals surface area contributed by atoms with Crippen molar-refractivity contribution in [1.29, 1.82) is 0 Å². The van der Waals surface area contributed by atoms with E-state index in [0.717, 1.165) is 0 Å². The number of hydrogen-bond acceptors (Lipinski definition) is 6. The number of fused-ring (bicyclic) bond motifs is 1. The molecule has 21 heavy (non-hydrogen) atoms. The zero-order valence-corrected chi connectivity index (χ0v) is 12.0. The number of rotatable bonds is 5. The molecule has 1 N–H and O–H groups in total. The summed E-state index contributed by atoms with van der Waals surface area (Å²) in [6, 6.07) is 3.22. The van der Waals surface area contributed by atoms with Crippen molar-refractivity contribution in [1.82, 2.24) is 4.98 Å². The number of aromatic amines is 1. The Morgan fingerprint density at radius 3 is 2.76 bits per heavy atom. The molecule has 0 bridgehead atoms. The second-order valence-electron chi connectivity index (χ2n) is 4.70. The van der Waals surface area contributed by atoms with Crippen molar-refractivity contribution in [2.45, 2.75) is 27.1 Å². The predicted octanol–water partition coefficient (Wildman–Crippen LogP) is 3.32. The fraction of sp³-hybridized carbons (Fsp3) is 0.429. The van der Waals surface area contributed by atoms with Gasteiger partial charge in [-0.1, -0.05) is 13.8 Å². The summed E-state index contributed by atoms with van der Waals surface area (Å²) in [6.07, 6.45) is -0.382. The van der Waals surface area contributed by atoms with Gasteiger partial charge in [0.1, 0.15) is 5.69 Å². The van der Waals surface area contributed by atoms with Crippen LogP contribution in [0.2, 0.25) is 0 Å². The maximum Gasteiger partial charge on any atom is 0.511 e. The lowest BCUT2D eigenvalue weighted by atomic mass is 10.2. The highest BCUT2D eigenvalue weighted by Gasteiger charge is 2.25. The molecule has 2 aromatic rings. The Hall–Kier alpha value is -2.44. The first-order valence-corrected chi connectivity index (χ1v) is 6.62. The van der Waals surface area contributed by atoms with E-state index < -0.39 is 18.4 Å². The van der Waals surface area contributed by atoms with Gasteiger partial charge >= 0.3 is 12.1 Å². The normalized spacial score (nSPS) is 12.4. The molecule has 0 saturated carbocycles. The number of ether oxygens (including phenoxy) is 3. The Balaban J connectivity index is 0.00000242. The molecule has 116 valence electrons. The van der Waals surface area contributed by atoms with Crippen molar-refractivity contribution in [2.24, 2.45) is 5.92 Å². The van der Waals surface area contributed by atoms with Crippen molar-refractivity contribution in [3.63, 3.8) is 0 Å². The summed E-state index contributed by atoms with van der Waals surface area (Å²) in [5.74, 6) is -0.847. The van der Waals surface area contributed by atoms with Crippen LogP contribution >= 0.6 is 0 Å². The van der Waals surface area contributed by atoms with E-state index in [1.807, 2.05) is 0 Å². The molecule has 7 heteroatoms. The molecule has 0 aliphatic heterocycles. The third kappa shape index (κ3) is 3.56. The van der Waals surface area contributed by atoms with E-state index in [1.54, 1.807) is 26.8 Å². The van der Waals surface area contributed by atoms with Crippen molar-refractivity contribution in [2.75, 3.05) is 6.61 Å². The number of carbonyl (C=O) groups excluding carboxylic acids is 2. The Morgan fingerprint density at radius 1 is 1.38 bits per heavy atom. The summed E-state index contributed by atoms with van der Waals surface area (Å²) in [7, 11) is 0. The monoisotopic (exact) mass is 297 g/mol. The van der Waals surface area contributed by atoms with Crippen LogP contribution in [0.1, 0.15) is 32.7 Å².